The molecule has 1 aliphatic heterocycles. The molecule has 2 amide bonds. The third-order valence-corrected chi connectivity index (χ3v) is 6.74. The summed E-state index contributed by atoms with van der Waals surface area (Å²) in [6, 6.07) is 5.23. The van der Waals surface area contributed by atoms with Crippen LogP contribution in [-0.2, 0) is 6.54 Å². The van der Waals surface area contributed by atoms with E-state index in [0.717, 1.165) is 23.3 Å². The van der Waals surface area contributed by atoms with E-state index in [1.54, 1.807) is 25.6 Å². The molecular weight excluding hydrogens is 578 g/mol. The molecule has 2 aromatic heterocycles. The number of anilines is 1. The van der Waals surface area contributed by atoms with Crippen LogP contribution in [0.25, 0.3) is 11.1 Å². The number of aromatic amines is 1. The molecular formula is C28H29F4N5O4S. The van der Waals surface area contributed by atoms with E-state index in [-0.39, 0.29) is 28.4 Å². The molecule has 0 aliphatic carbocycles. The van der Waals surface area contributed by atoms with Crippen molar-refractivity contribution in [2.45, 2.75) is 32.4 Å². The van der Waals surface area contributed by atoms with Crippen molar-refractivity contribution >= 4 is 29.4 Å². The molecule has 0 radical (unpaired) electrons. The van der Waals surface area contributed by atoms with E-state index in [2.05, 4.69) is 20.6 Å². The van der Waals surface area contributed by atoms with Crippen LogP contribution in [0.5, 0.6) is 5.88 Å². The van der Waals surface area contributed by atoms with Gasteiger partial charge in [0.25, 0.3) is 23.3 Å². The van der Waals surface area contributed by atoms with Crippen molar-refractivity contribution in [3.63, 3.8) is 0 Å². The van der Waals surface area contributed by atoms with Crippen LogP contribution in [0.4, 0.5) is 23.4 Å². The third kappa shape index (κ3) is 7.48. The lowest BCUT2D eigenvalue weighted by molar-refractivity contribution is -0.113. The zero-order valence-electron chi connectivity index (χ0n) is 23.0. The fourth-order valence-electron chi connectivity index (χ4n) is 4.27. The van der Waals surface area contributed by atoms with Gasteiger partial charge in [-0.05, 0) is 49.4 Å². The fourth-order valence-corrected chi connectivity index (χ4v) is 4.62. The van der Waals surface area contributed by atoms with Gasteiger partial charge in [0, 0.05) is 42.7 Å². The smallest absolute Gasteiger partial charge is 0.282 e. The number of nitrogens with one attached hydrogen (secondary N) is 3. The van der Waals surface area contributed by atoms with Gasteiger partial charge in [0.15, 0.2) is 0 Å². The van der Waals surface area contributed by atoms with Crippen LogP contribution in [0.1, 0.15) is 40.1 Å². The number of likely N-dealkylation sites (tertiary alicyclic amines) is 1. The van der Waals surface area contributed by atoms with Crippen LogP contribution in [0.15, 0.2) is 41.3 Å². The van der Waals surface area contributed by atoms with Crippen LogP contribution in [0.2, 0.25) is 0 Å². The van der Waals surface area contributed by atoms with Gasteiger partial charge in [0.1, 0.15) is 23.0 Å². The number of H-pyrrole nitrogens is 1. The number of hydrogen-bond acceptors (Lipinski definition) is 7. The number of carbonyl (C=O) groups is 2. The molecule has 42 heavy (non-hydrogen) atoms. The molecule has 3 N–H and O–H groups in total. The minimum Gasteiger partial charge on any atom is -0.475 e. The van der Waals surface area contributed by atoms with Crippen molar-refractivity contribution in [2.75, 3.05) is 37.0 Å². The van der Waals surface area contributed by atoms with Crippen molar-refractivity contribution in [3.05, 3.63) is 75.2 Å². The van der Waals surface area contributed by atoms with E-state index < -0.39 is 59.7 Å². The number of thioether (sulfide) groups is 1. The lowest BCUT2D eigenvalue weighted by Crippen LogP contribution is -2.58. The summed E-state index contributed by atoms with van der Waals surface area (Å²) in [6.07, 6.45) is 3.06. The Morgan fingerprint density at radius 1 is 1.14 bits per heavy atom. The van der Waals surface area contributed by atoms with Crippen LogP contribution < -0.4 is 20.9 Å². The molecule has 4 rings (SSSR count). The average Bonchev–Trinajstić information content (AvgIpc) is 2.89. The Labute approximate surface area is 243 Å². The summed E-state index contributed by atoms with van der Waals surface area (Å²) < 4.78 is 62.0. The molecule has 0 atom stereocenters. The lowest BCUT2D eigenvalue weighted by atomic mass is 9.97. The molecule has 0 spiro atoms. The maximum Gasteiger partial charge on any atom is 0.282 e. The number of rotatable bonds is 11. The van der Waals surface area contributed by atoms with Gasteiger partial charge < -0.3 is 25.3 Å². The number of alkyl halides is 2. The molecule has 1 aromatic carbocycles. The Morgan fingerprint density at radius 2 is 1.88 bits per heavy atom. The van der Waals surface area contributed by atoms with Crippen molar-refractivity contribution in [2.24, 2.45) is 0 Å². The zero-order chi connectivity index (χ0) is 30.6. The quantitative estimate of drug-likeness (QED) is 0.220. The van der Waals surface area contributed by atoms with E-state index in [0.29, 0.717) is 18.2 Å². The highest BCUT2D eigenvalue weighted by Gasteiger charge is 2.47. The summed E-state index contributed by atoms with van der Waals surface area (Å²) in [5, 5.41) is 5.69. The number of aromatic nitrogens is 2. The van der Waals surface area contributed by atoms with Gasteiger partial charge in [-0.3, -0.25) is 14.4 Å². The first-order valence-electron chi connectivity index (χ1n) is 12.9. The highest BCUT2D eigenvalue weighted by Crippen LogP contribution is 2.35. The van der Waals surface area contributed by atoms with E-state index >= 15 is 4.39 Å². The minimum atomic E-state index is -3.09. The molecule has 9 nitrogen and oxygen atoms in total. The summed E-state index contributed by atoms with van der Waals surface area (Å²) in [7, 11) is 0. The van der Waals surface area contributed by atoms with Crippen LogP contribution in [0.3, 0.4) is 0 Å². The summed E-state index contributed by atoms with van der Waals surface area (Å²) in [5.74, 6) is -6.46. The normalized spacial score (nSPS) is 14.0. The van der Waals surface area contributed by atoms with Crippen molar-refractivity contribution in [1.29, 1.82) is 0 Å². The Balaban J connectivity index is 1.70. The van der Waals surface area contributed by atoms with Gasteiger partial charge >= 0.3 is 0 Å². The van der Waals surface area contributed by atoms with Crippen molar-refractivity contribution < 1.29 is 31.9 Å². The van der Waals surface area contributed by atoms with Crippen LogP contribution in [0, 0.1) is 11.6 Å². The predicted octanol–water partition coefficient (Wildman–Crippen LogP) is 4.30. The number of benzene rings is 1. The van der Waals surface area contributed by atoms with Gasteiger partial charge in [-0.2, -0.15) is 16.7 Å². The van der Waals surface area contributed by atoms with Gasteiger partial charge in [-0.15, -0.1) is 0 Å². The van der Waals surface area contributed by atoms with E-state index in [1.807, 2.05) is 6.26 Å². The average molecular weight is 608 g/mol. The second-order valence-electron chi connectivity index (χ2n) is 9.95. The monoisotopic (exact) mass is 607 g/mol. The molecule has 1 saturated heterocycles. The van der Waals surface area contributed by atoms with Crippen LogP contribution >= 0.6 is 11.8 Å². The lowest BCUT2D eigenvalue weighted by Gasteiger charge is -2.39. The molecule has 3 aromatic rings. The number of hydrogen-bond donors (Lipinski definition) is 3. The topological polar surface area (TPSA) is 116 Å². The SMILES string of the molecule is CSCCNCc1c[nH]c(=O)c(C(=O)Nc2cc(-c3c(F)cc(F)cc3C(=O)N3CC(F)(F)C3)cc(OC(C)C)n2)c1. The van der Waals surface area contributed by atoms with Crippen molar-refractivity contribution in [1.82, 2.24) is 20.2 Å². The summed E-state index contributed by atoms with van der Waals surface area (Å²) >= 11 is 1.67. The third-order valence-electron chi connectivity index (χ3n) is 6.13. The largest absolute Gasteiger partial charge is 0.475 e. The standard InChI is InChI=1S/C28H29F4N5O4S/c1-15(2)41-23-8-17(24-19(9-18(29)10-21(24)30)27(40)37-13-28(31,32)14-37)7-22(35-23)36-26(39)20-6-16(12-34-25(20)38)11-33-4-5-42-3/h6-10,12,15,33H,4-5,11,13-14H2,1-3H3,(H,34,38)(H,35,36,39). The molecule has 1 aliphatic rings. The Kier molecular flexibility index (Phi) is 9.57. The second-order valence-corrected chi connectivity index (χ2v) is 10.9. The maximum atomic E-state index is 15.2. The van der Waals surface area contributed by atoms with Gasteiger partial charge in [0.05, 0.1) is 24.8 Å². The Bertz CT molecular complexity index is 1540. The van der Waals surface area contributed by atoms with Crippen LogP contribution in [-0.4, -0.2) is 70.4 Å². The molecule has 14 heteroatoms. The van der Waals surface area contributed by atoms with E-state index in [9.17, 15) is 27.6 Å². The molecule has 0 bridgehead atoms. The molecule has 3 heterocycles. The number of carbonyl (C=O) groups excluding carboxylic acids is 2. The van der Waals surface area contributed by atoms with Gasteiger partial charge in [-0.25, -0.2) is 17.6 Å². The first kappa shape index (κ1) is 31.0. The van der Waals surface area contributed by atoms with E-state index in [4.69, 9.17) is 4.74 Å². The molecule has 0 saturated carbocycles. The number of ether oxygens (including phenoxy) is 1. The second kappa shape index (κ2) is 12.9. The molecule has 1 fully saturated rings. The highest BCUT2D eigenvalue weighted by atomic mass is 32.2. The number of amides is 2. The molecule has 224 valence electrons. The number of pyridine rings is 2. The fraction of sp³-hybridized carbons (Fsp3) is 0.357. The van der Waals surface area contributed by atoms with Gasteiger partial charge in [-0.1, -0.05) is 0 Å². The number of nitrogens with zero attached hydrogens (tertiary/aromatic N) is 2. The number of halogens is 4. The Hall–Kier alpha value is -3.91. The highest BCUT2D eigenvalue weighted by molar-refractivity contribution is 7.98. The zero-order valence-corrected chi connectivity index (χ0v) is 23.8. The maximum absolute atomic E-state index is 15.2. The van der Waals surface area contributed by atoms with Crippen molar-refractivity contribution in [3.8, 4) is 17.0 Å². The predicted molar refractivity (Wildman–Crippen MR) is 151 cm³/mol. The minimum absolute atomic E-state index is 0.0373. The molecule has 0 unspecified atom stereocenters. The van der Waals surface area contributed by atoms with Gasteiger partial charge in [0.2, 0.25) is 5.88 Å². The first-order chi connectivity index (χ1) is 19.9. The first-order valence-corrected chi connectivity index (χ1v) is 14.3. The Morgan fingerprint density at radius 3 is 2.55 bits per heavy atom. The van der Waals surface area contributed by atoms with E-state index in [1.165, 1.54) is 24.4 Å². The summed E-state index contributed by atoms with van der Waals surface area (Å²) in [4.78, 5) is 46.1. The summed E-state index contributed by atoms with van der Waals surface area (Å²) in [5.41, 5.74) is -1.12. The summed E-state index contributed by atoms with van der Waals surface area (Å²) in [6.45, 7) is 2.75.